The Kier molecular flexibility index (Phi) is 6.41. The molecule has 0 aliphatic carbocycles. The van der Waals surface area contributed by atoms with Gasteiger partial charge in [-0.25, -0.2) is 0 Å². The molecule has 0 aliphatic rings. The van der Waals surface area contributed by atoms with Gasteiger partial charge in [0.05, 0.1) is 16.1 Å². The number of hydrogen-bond donors (Lipinski definition) is 0. The summed E-state index contributed by atoms with van der Waals surface area (Å²) >= 11 is 3.73. The van der Waals surface area contributed by atoms with Crippen LogP contribution < -0.4 is 4.90 Å². The van der Waals surface area contributed by atoms with Crippen LogP contribution >= 0.6 is 22.7 Å². The quantitative estimate of drug-likeness (QED) is 0.180. The average molecular weight is 724 g/mol. The Morgan fingerprint density at radius 3 is 1.98 bits per heavy atom. The smallest absolute Gasteiger partial charge is 0.143 e. The summed E-state index contributed by atoms with van der Waals surface area (Å²) in [5, 5.41) is 12.3. The van der Waals surface area contributed by atoms with Crippen molar-refractivity contribution >= 4 is 124 Å². The van der Waals surface area contributed by atoms with Gasteiger partial charge in [-0.2, -0.15) is 0 Å². The monoisotopic (exact) mass is 723 g/mol. The van der Waals surface area contributed by atoms with E-state index in [1.54, 1.807) is 0 Å². The topological polar surface area (TPSA) is 16.4 Å². The third kappa shape index (κ3) is 4.38. The first-order chi connectivity index (χ1) is 26.8. The Hall–Kier alpha value is -6.46. The summed E-state index contributed by atoms with van der Waals surface area (Å²) < 4.78 is 11.8. The van der Waals surface area contributed by atoms with Gasteiger partial charge < -0.3 is 9.32 Å². The second-order valence-electron chi connectivity index (χ2n) is 14.0. The number of rotatable bonds is 4. The number of thiophene rings is 2. The Morgan fingerprint density at radius 2 is 1.07 bits per heavy atom. The van der Waals surface area contributed by atoms with E-state index in [1.807, 2.05) is 22.7 Å². The summed E-state index contributed by atoms with van der Waals surface area (Å²) in [7, 11) is 0. The van der Waals surface area contributed by atoms with Gasteiger partial charge >= 0.3 is 0 Å². The molecule has 12 aromatic rings. The van der Waals surface area contributed by atoms with Gasteiger partial charge in [0.15, 0.2) is 0 Å². The van der Waals surface area contributed by atoms with Crippen LogP contribution in [0.25, 0.3) is 95.0 Å². The van der Waals surface area contributed by atoms with E-state index in [0.29, 0.717) is 0 Å². The second-order valence-corrected chi connectivity index (χ2v) is 16.2. The van der Waals surface area contributed by atoms with Crippen LogP contribution in [0.5, 0.6) is 0 Å². The highest BCUT2D eigenvalue weighted by atomic mass is 32.1. The minimum Gasteiger partial charge on any atom is -0.455 e. The van der Waals surface area contributed by atoms with Gasteiger partial charge in [0.1, 0.15) is 11.2 Å². The number of fused-ring (bicyclic) bond motifs is 13. The highest BCUT2D eigenvalue weighted by Gasteiger charge is 2.23. The number of benzene rings is 9. The maximum atomic E-state index is 6.66. The Morgan fingerprint density at radius 1 is 0.389 bits per heavy atom. The SMILES string of the molecule is c1ccc2cc(-c3ccc(N(c4cccc5c4sc4ccc6oc7c8ccccc8ccc7c6c45)c4cccc5sc6ccccc6c45)cc3)ccc2c1. The van der Waals surface area contributed by atoms with E-state index in [4.69, 9.17) is 4.42 Å². The molecule has 54 heavy (non-hydrogen) atoms. The van der Waals surface area contributed by atoms with Gasteiger partial charge in [-0.15, -0.1) is 22.7 Å². The molecule has 0 unspecified atom stereocenters. The molecule has 0 N–H and O–H groups in total. The van der Waals surface area contributed by atoms with Crippen molar-refractivity contribution < 1.29 is 4.42 Å². The molecule has 0 radical (unpaired) electrons. The van der Waals surface area contributed by atoms with Crippen molar-refractivity contribution in [1.29, 1.82) is 0 Å². The molecule has 0 saturated heterocycles. The molecule has 0 bridgehead atoms. The van der Waals surface area contributed by atoms with E-state index < -0.39 is 0 Å². The molecule has 0 amide bonds. The lowest BCUT2D eigenvalue weighted by molar-refractivity contribution is 0.673. The molecule has 4 heteroatoms. The minimum absolute atomic E-state index is 0.926. The van der Waals surface area contributed by atoms with Crippen LogP contribution in [0.15, 0.2) is 180 Å². The van der Waals surface area contributed by atoms with Crippen molar-refractivity contribution in [1.82, 2.24) is 0 Å². The Balaban J connectivity index is 1.11. The van der Waals surface area contributed by atoms with Gasteiger partial charge in [-0.1, -0.05) is 115 Å². The maximum Gasteiger partial charge on any atom is 0.143 e. The molecule has 252 valence electrons. The van der Waals surface area contributed by atoms with Gasteiger partial charge in [0, 0.05) is 57.5 Å². The first kappa shape index (κ1) is 30.0. The molecule has 3 aromatic heterocycles. The average Bonchev–Trinajstić information content (AvgIpc) is 3.93. The van der Waals surface area contributed by atoms with E-state index in [9.17, 15) is 0 Å². The van der Waals surface area contributed by atoms with Gasteiger partial charge in [-0.3, -0.25) is 0 Å². The fourth-order valence-corrected chi connectivity index (χ4v) is 10.9. The third-order valence-electron chi connectivity index (χ3n) is 11.0. The van der Waals surface area contributed by atoms with Crippen LogP contribution in [0.3, 0.4) is 0 Å². The summed E-state index contributed by atoms with van der Waals surface area (Å²) in [5.41, 5.74) is 7.77. The van der Waals surface area contributed by atoms with E-state index in [1.165, 1.54) is 84.4 Å². The summed E-state index contributed by atoms with van der Waals surface area (Å²) in [6.07, 6.45) is 0. The number of hydrogen-bond acceptors (Lipinski definition) is 4. The van der Waals surface area contributed by atoms with Crippen LogP contribution in [0.2, 0.25) is 0 Å². The highest BCUT2D eigenvalue weighted by molar-refractivity contribution is 7.27. The fourth-order valence-electron chi connectivity index (χ4n) is 8.57. The first-order valence-corrected chi connectivity index (χ1v) is 19.9. The predicted octanol–water partition coefficient (Wildman–Crippen LogP) is 15.8. The van der Waals surface area contributed by atoms with Crippen LogP contribution in [-0.2, 0) is 0 Å². The van der Waals surface area contributed by atoms with E-state index >= 15 is 0 Å². The number of nitrogens with zero attached hydrogens (tertiary/aromatic N) is 1. The molecule has 0 fully saturated rings. The molecule has 9 aromatic carbocycles. The lowest BCUT2D eigenvalue weighted by Gasteiger charge is -2.27. The first-order valence-electron chi connectivity index (χ1n) is 18.2. The molecule has 0 atom stereocenters. The van der Waals surface area contributed by atoms with Gasteiger partial charge in [0.2, 0.25) is 0 Å². The van der Waals surface area contributed by atoms with Crippen molar-refractivity contribution in [2.45, 2.75) is 0 Å². The fraction of sp³-hybridized carbons (Fsp3) is 0. The summed E-state index contributed by atoms with van der Waals surface area (Å²) in [4.78, 5) is 2.49. The largest absolute Gasteiger partial charge is 0.455 e. The molecule has 0 saturated carbocycles. The van der Waals surface area contributed by atoms with Crippen molar-refractivity contribution in [2.24, 2.45) is 0 Å². The standard InChI is InChI=1S/C50H29NOS2/c1-2-11-33-29-34(20-19-30(33)9-1)31-21-24-35(25-22-31)51(40-15-8-18-44-46(40)37-13-5-6-17-43(37)53-44)41-16-7-14-39-48-45(54-50(39)41)28-27-42-47(48)38-26-23-32-10-3-4-12-36(32)49(38)52-42/h1-29H. The number of anilines is 3. The highest BCUT2D eigenvalue weighted by Crippen LogP contribution is 2.51. The van der Waals surface area contributed by atoms with E-state index in [2.05, 4.69) is 181 Å². The molecule has 0 spiro atoms. The van der Waals surface area contributed by atoms with Crippen LogP contribution in [0, 0.1) is 0 Å². The molecular formula is C50H29NOS2. The molecule has 2 nitrogen and oxygen atoms in total. The van der Waals surface area contributed by atoms with Gasteiger partial charge in [-0.05, 0) is 87.9 Å². The number of furan rings is 1. The Labute approximate surface area is 318 Å². The van der Waals surface area contributed by atoms with E-state index in [0.717, 1.165) is 27.6 Å². The summed E-state index contributed by atoms with van der Waals surface area (Å²) in [6.45, 7) is 0. The van der Waals surface area contributed by atoms with Gasteiger partial charge in [0.25, 0.3) is 0 Å². The zero-order valence-corrected chi connectivity index (χ0v) is 30.5. The molecule has 3 heterocycles. The van der Waals surface area contributed by atoms with E-state index in [-0.39, 0.29) is 0 Å². The second kappa shape index (κ2) is 11.5. The lowest BCUT2D eigenvalue weighted by atomic mass is 10.0. The Bertz CT molecular complexity index is 3460. The van der Waals surface area contributed by atoms with Crippen LogP contribution in [0.1, 0.15) is 0 Å². The lowest BCUT2D eigenvalue weighted by Crippen LogP contribution is -2.10. The van der Waals surface area contributed by atoms with Crippen molar-refractivity contribution in [3.8, 4) is 11.1 Å². The summed E-state index contributed by atoms with van der Waals surface area (Å²) in [6, 6.07) is 64.2. The molecule has 12 rings (SSSR count). The molecular weight excluding hydrogens is 695 g/mol. The third-order valence-corrected chi connectivity index (χ3v) is 13.4. The summed E-state index contributed by atoms with van der Waals surface area (Å²) in [5.74, 6) is 0. The zero-order chi connectivity index (χ0) is 35.3. The normalized spacial score (nSPS) is 12.1. The van der Waals surface area contributed by atoms with Crippen molar-refractivity contribution in [3.63, 3.8) is 0 Å². The minimum atomic E-state index is 0.926. The van der Waals surface area contributed by atoms with Crippen LogP contribution in [-0.4, -0.2) is 0 Å². The van der Waals surface area contributed by atoms with Crippen LogP contribution in [0.4, 0.5) is 17.1 Å². The molecule has 0 aliphatic heterocycles. The maximum absolute atomic E-state index is 6.66. The van der Waals surface area contributed by atoms with Crippen molar-refractivity contribution in [3.05, 3.63) is 176 Å². The predicted molar refractivity (Wildman–Crippen MR) is 235 cm³/mol. The van der Waals surface area contributed by atoms with Crippen molar-refractivity contribution in [2.75, 3.05) is 4.90 Å². The zero-order valence-electron chi connectivity index (χ0n) is 28.9.